The van der Waals surface area contributed by atoms with Crippen molar-refractivity contribution in [3.05, 3.63) is 51.5 Å². The van der Waals surface area contributed by atoms with Gasteiger partial charge in [-0.1, -0.05) is 0 Å². The van der Waals surface area contributed by atoms with E-state index in [0.717, 1.165) is 14.8 Å². The molecule has 0 aliphatic rings. The molecule has 7 heteroatoms. The molecule has 23 heavy (non-hydrogen) atoms. The number of halogens is 1. The molecule has 0 aliphatic carbocycles. The number of anilines is 1. The van der Waals surface area contributed by atoms with Crippen LogP contribution >= 0.6 is 22.6 Å². The van der Waals surface area contributed by atoms with E-state index in [2.05, 4.69) is 38.4 Å². The zero-order chi connectivity index (χ0) is 16.7. The minimum Gasteiger partial charge on any atom is -0.463 e. The summed E-state index contributed by atoms with van der Waals surface area (Å²) in [6.45, 7) is 1.92. The van der Waals surface area contributed by atoms with Gasteiger partial charge in [-0.25, -0.2) is 5.43 Å². The summed E-state index contributed by atoms with van der Waals surface area (Å²) in [6, 6.07) is 9.18. The number of nitrogens with zero attached hydrogens (tertiary/aromatic N) is 1. The largest absolute Gasteiger partial charge is 0.463 e. The number of aryl methyl sites for hydroxylation is 1. The van der Waals surface area contributed by atoms with E-state index < -0.39 is 0 Å². The predicted octanol–water partition coefficient (Wildman–Crippen LogP) is 3.06. The minimum absolute atomic E-state index is 0.0603. The highest BCUT2D eigenvalue weighted by Gasteiger charge is 2.08. The Morgan fingerprint density at radius 3 is 2.74 bits per heavy atom. The Labute approximate surface area is 147 Å². The molecule has 0 aliphatic heterocycles. The summed E-state index contributed by atoms with van der Waals surface area (Å²) in [5.74, 6) is -0.000936. The van der Waals surface area contributed by atoms with Gasteiger partial charge >= 0.3 is 0 Å². The first-order chi connectivity index (χ1) is 11.0. The molecule has 0 fully saturated rings. The maximum absolute atomic E-state index is 11.9. The Morgan fingerprint density at radius 1 is 1.26 bits per heavy atom. The van der Waals surface area contributed by atoms with Crippen molar-refractivity contribution < 1.29 is 14.0 Å². The lowest BCUT2D eigenvalue weighted by Gasteiger charge is -2.08. The number of rotatable bonds is 6. The zero-order valence-corrected chi connectivity index (χ0v) is 14.7. The molecule has 0 saturated heterocycles. The summed E-state index contributed by atoms with van der Waals surface area (Å²) < 4.78 is 6.14. The molecule has 0 unspecified atom stereocenters. The molecule has 1 heterocycles. The minimum atomic E-state index is -0.331. The van der Waals surface area contributed by atoms with Crippen LogP contribution in [0, 0.1) is 10.5 Å². The van der Waals surface area contributed by atoms with Gasteiger partial charge in [0.1, 0.15) is 5.76 Å². The molecule has 0 atom stereocenters. The van der Waals surface area contributed by atoms with Gasteiger partial charge in [0.2, 0.25) is 11.8 Å². The monoisotopic (exact) mass is 425 g/mol. The van der Waals surface area contributed by atoms with Crippen molar-refractivity contribution in [1.82, 2.24) is 5.43 Å². The van der Waals surface area contributed by atoms with Gasteiger partial charge in [0.05, 0.1) is 12.5 Å². The maximum atomic E-state index is 11.9. The van der Waals surface area contributed by atoms with Crippen LogP contribution in [0.2, 0.25) is 0 Å². The average molecular weight is 425 g/mol. The Bertz CT molecular complexity index is 711. The summed E-state index contributed by atoms with van der Waals surface area (Å²) in [5, 5.41) is 6.54. The van der Waals surface area contributed by atoms with Crippen molar-refractivity contribution in [2.24, 2.45) is 5.10 Å². The molecule has 2 N–H and O–H groups in total. The van der Waals surface area contributed by atoms with Crippen LogP contribution in [0.1, 0.15) is 24.2 Å². The van der Waals surface area contributed by atoms with E-state index in [1.807, 2.05) is 25.1 Å². The number of hydrazone groups is 1. The smallest absolute Gasteiger partial charge is 0.240 e. The summed E-state index contributed by atoms with van der Waals surface area (Å²) >= 11 is 2.21. The number of furan rings is 1. The van der Waals surface area contributed by atoms with Gasteiger partial charge in [-0.15, -0.1) is 0 Å². The number of carbonyl (C=O) groups is 2. The van der Waals surface area contributed by atoms with Gasteiger partial charge in [-0.05, 0) is 65.4 Å². The molecule has 1 aromatic carbocycles. The first kappa shape index (κ1) is 17.2. The number of hydrogen-bond acceptors (Lipinski definition) is 4. The molecular weight excluding hydrogens is 409 g/mol. The zero-order valence-electron chi connectivity index (χ0n) is 12.5. The summed E-state index contributed by atoms with van der Waals surface area (Å²) in [5.41, 5.74) is 4.09. The van der Waals surface area contributed by atoms with Crippen LogP contribution in [-0.2, 0) is 9.59 Å². The Morgan fingerprint density at radius 2 is 2.04 bits per heavy atom. The number of carbonyl (C=O) groups excluding carboxylic acids is 2. The van der Waals surface area contributed by atoms with Gasteiger partial charge in [0, 0.05) is 22.1 Å². The third-order valence-corrected chi connectivity index (χ3v) is 3.64. The number of benzene rings is 1. The first-order valence-electron chi connectivity index (χ1n) is 6.96. The summed E-state index contributed by atoms with van der Waals surface area (Å²) in [6.07, 6.45) is 3.06. The van der Waals surface area contributed by atoms with Crippen molar-refractivity contribution in [3.63, 3.8) is 0 Å². The average Bonchev–Trinajstić information content (AvgIpc) is 3.01. The van der Waals surface area contributed by atoms with E-state index in [0.29, 0.717) is 5.76 Å². The normalized spacial score (nSPS) is 10.7. The molecule has 2 aromatic rings. The lowest BCUT2D eigenvalue weighted by atomic mass is 10.2. The van der Waals surface area contributed by atoms with Crippen LogP contribution in [0.15, 0.2) is 46.1 Å². The van der Waals surface area contributed by atoms with E-state index >= 15 is 0 Å². The second kappa shape index (κ2) is 8.47. The van der Waals surface area contributed by atoms with Crippen molar-refractivity contribution in [2.75, 3.05) is 5.32 Å². The Balaban J connectivity index is 1.74. The van der Waals surface area contributed by atoms with Crippen LogP contribution in [0.3, 0.4) is 0 Å². The van der Waals surface area contributed by atoms with Crippen LogP contribution in [0.25, 0.3) is 0 Å². The van der Waals surface area contributed by atoms with E-state index in [1.54, 1.807) is 12.1 Å². The van der Waals surface area contributed by atoms with E-state index in [1.165, 1.54) is 12.5 Å². The molecule has 0 bridgehead atoms. The summed E-state index contributed by atoms with van der Waals surface area (Å²) in [7, 11) is 0. The van der Waals surface area contributed by atoms with E-state index in [9.17, 15) is 9.59 Å². The summed E-state index contributed by atoms with van der Waals surface area (Å²) in [4.78, 5) is 23.5. The highest BCUT2D eigenvalue weighted by molar-refractivity contribution is 14.1. The number of nitrogens with one attached hydrogen (secondary N) is 2. The highest BCUT2D eigenvalue weighted by atomic mass is 127. The highest BCUT2D eigenvalue weighted by Crippen LogP contribution is 2.17. The van der Waals surface area contributed by atoms with Gasteiger partial charge in [-0.3, -0.25) is 9.59 Å². The molecule has 2 amide bonds. The van der Waals surface area contributed by atoms with E-state index in [4.69, 9.17) is 4.42 Å². The van der Waals surface area contributed by atoms with Gasteiger partial charge in [0.25, 0.3) is 0 Å². The van der Waals surface area contributed by atoms with Crippen molar-refractivity contribution >= 4 is 46.3 Å². The quantitative estimate of drug-likeness (QED) is 0.424. The molecule has 2 rings (SSSR count). The van der Waals surface area contributed by atoms with Crippen LogP contribution in [0.5, 0.6) is 0 Å². The molecule has 0 spiro atoms. The van der Waals surface area contributed by atoms with Gasteiger partial charge in [0.15, 0.2) is 0 Å². The molecule has 1 aromatic heterocycles. The Kier molecular flexibility index (Phi) is 6.33. The molecule has 0 saturated carbocycles. The second-order valence-electron chi connectivity index (χ2n) is 4.82. The standard InChI is InChI=1S/C16H16IN3O3/c1-11-9-12(17)4-5-14(11)19-15(21)6-7-16(22)20-18-10-13-3-2-8-23-13/h2-5,8-10H,6-7H2,1H3,(H,19,21)(H,20,22). The number of hydrogen-bond donors (Lipinski definition) is 2. The van der Waals surface area contributed by atoms with Crippen LogP contribution in [-0.4, -0.2) is 18.0 Å². The van der Waals surface area contributed by atoms with E-state index in [-0.39, 0.29) is 24.7 Å². The van der Waals surface area contributed by atoms with Crippen LogP contribution in [0.4, 0.5) is 5.69 Å². The van der Waals surface area contributed by atoms with Gasteiger partial charge in [-0.2, -0.15) is 5.10 Å². The second-order valence-corrected chi connectivity index (χ2v) is 6.06. The third kappa shape index (κ3) is 5.85. The van der Waals surface area contributed by atoms with Gasteiger partial charge < -0.3 is 9.73 Å². The first-order valence-corrected chi connectivity index (χ1v) is 8.04. The van der Waals surface area contributed by atoms with Crippen molar-refractivity contribution in [3.8, 4) is 0 Å². The van der Waals surface area contributed by atoms with Crippen molar-refractivity contribution in [1.29, 1.82) is 0 Å². The van der Waals surface area contributed by atoms with Crippen LogP contribution < -0.4 is 10.7 Å². The fourth-order valence-electron chi connectivity index (χ4n) is 1.80. The third-order valence-electron chi connectivity index (χ3n) is 2.97. The fourth-order valence-corrected chi connectivity index (χ4v) is 2.44. The lowest BCUT2D eigenvalue weighted by Crippen LogP contribution is -2.20. The molecule has 0 radical (unpaired) electrons. The SMILES string of the molecule is Cc1cc(I)ccc1NC(=O)CCC(=O)NN=Cc1ccco1. The molecule has 120 valence electrons. The maximum Gasteiger partial charge on any atom is 0.240 e. The van der Waals surface area contributed by atoms with Crippen molar-refractivity contribution in [2.45, 2.75) is 19.8 Å². The predicted molar refractivity (Wildman–Crippen MR) is 96.2 cm³/mol. The fraction of sp³-hybridized carbons (Fsp3) is 0.188. The number of amides is 2. The topological polar surface area (TPSA) is 83.7 Å². The Hall–Kier alpha value is -2.16. The molecule has 6 nitrogen and oxygen atoms in total. The molecular formula is C16H16IN3O3. The lowest BCUT2D eigenvalue weighted by molar-refractivity contribution is -0.124.